The lowest BCUT2D eigenvalue weighted by atomic mass is 10.1. The van der Waals surface area contributed by atoms with Crippen molar-refractivity contribution in [2.45, 2.75) is 33.9 Å². The number of aryl methyl sites for hydroxylation is 1. The van der Waals surface area contributed by atoms with Crippen LogP contribution >= 0.6 is 0 Å². The largest absolute Gasteiger partial charge is 0.462 e. The predicted octanol–water partition coefficient (Wildman–Crippen LogP) is 4.14. The summed E-state index contributed by atoms with van der Waals surface area (Å²) in [6.45, 7) is 6.63. The van der Waals surface area contributed by atoms with Crippen LogP contribution in [0.4, 0.5) is 0 Å². The molecule has 2 aromatic heterocycles. The molecule has 0 unspecified atom stereocenters. The van der Waals surface area contributed by atoms with Gasteiger partial charge in [0.2, 0.25) is 0 Å². The molecule has 4 rings (SSSR count). The topological polar surface area (TPSA) is 89.0 Å². The van der Waals surface area contributed by atoms with Crippen LogP contribution in [0, 0.1) is 13.8 Å². The molecule has 2 aromatic carbocycles. The molecule has 7 heteroatoms. The number of nitrogens with zero attached hydrogens (tertiary/aromatic N) is 2. The van der Waals surface area contributed by atoms with Crippen LogP contribution in [0.25, 0.3) is 11.0 Å². The summed E-state index contributed by atoms with van der Waals surface area (Å²) in [6.07, 6.45) is 1.84. The number of H-pyrrole nitrogens is 1. The van der Waals surface area contributed by atoms with Crippen molar-refractivity contribution >= 4 is 22.9 Å². The average molecular weight is 431 g/mol. The predicted molar refractivity (Wildman–Crippen MR) is 123 cm³/mol. The second kappa shape index (κ2) is 9.09. The standard InChI is InChI=1S/C25H26N4O3/c1-4-32-25(31)22-16(2)23(28-17(22)3)24(30)26-13-18-8-7-9-19(12-18)14-29-15-27-20-10-5-6-11-21(20)29/h5-12,15,28H,4,13-14H2,1-3H3,(H,26,30). The van der Waals surface area contributed by atoms with E-state index in [9.17, 15) is 9.59 Å². The van der Waals surface area contributed by atoms with E-state index in [-0.39, 0.29) is 12.5 Å². The summed E-state index contributed by atoms with van der Waals surface area (Å²) in [5.74, 6) is -0.676. The van der Waals surface area contributed by atoms with Gasteiger partial charge in [0.15, 0.2) is 0 Å². The Hall–Kier alpha value is -3.87. The summed E-state index contributed by atoms with van der Waals surface area (Å²) < 4.78 is 7.20. The molecule has 0 atom stereocenters. The summed E-state index contributed by atoms with van der Waals surface area (Å²) >= 11 is 0. The van der Waals surface area contributed by atoms with Crippen molar-refractivity contribution in [1.82, 2.24) is 19.9 Å². The van der Waals surface area contributed by atoms with E-state index in [1.165, 1.54) is 0 Å². The van der Waals surface area contributed by atoms with Gasteiger partial charge in [0.05, 0.1) is 29.5 Å². The quantitative estimate of drug-likeness (QED) is 0.431. The number of benzene rings is 2. The van der Waals surface area contributed by atoms with Gasteiger partial charge < -0.3 is 19.6 Å². The van der Waals surface area contributed by atoms with Crippen LogP contribution in [0.1, 0.15) is 50.2 Å². The van der Waals surface area contributed by atoms with Crippen molar-refractivity contribution in [2.75, 3.05) is 6.61 Å². The van der Waals surface area contributed by atoms with Crippen LogP contribution in [-0.2, 0) is 17.8 Å². The Labute approximate surface area is 186 Å². The maximum Gasteiger partial charge on any atom is 0.340 e. The van der Waals surface area contributed by atoms with E-state index in [1.54, 1.807) is 20.8 Å². The number of carbonyl (C=O) groups is 2. The van der Waals surface area contributed by atoms with Gasteiger partial charge in [-0.05, 0) is 49.6 Å². The number of para-hydroxylation sites is 2. The van der Waals surface area contributed by atoms with Crippen LogP contribution in [0.2, 0.25) is 0 Å². The number of imidazole rings is 1. The fourth-order valence-electron chi connectivity index (χ4n) is 3.93. The van der Waals surface area contributed by atoms with Crippen LogP contribution in [0.3, 0.4) is 0 Å². The van der Waals surface area contributed by atoms with E-state index >= 15 is 0 Å². The molecule has 7 nitrogen and oxygen atoms in total. The number of carbonyl (C=O) groups excluding carboxylic acids is 2. The number of hydrogen-bond acceptors (Lipinski definition) is 4. The zero-order valence-corrected chi connectivity index (χ0v) is 18.4. The van der Waals surface area contributed by atoms with Gasteiger partial charge >= 0.3 is 5.97 Å². The van der Waals surface area contributed by atoms with Crippen LogP contribution in [0.15, 0.2) is 54.9 Å². The minimum Gasteiger partial charge on any atom is -0.462 e. The molecule has 0 aliphatic rings. The second-order valence-corrected chi connectivity index (χ2v) is 7.71. The molecule has 0 spiro atoms. The molecule has 0 fully saturated rings. The van der Waals surface area contributed by atoms with Crippen molar-refractivity contribution in [3.05, 3.63) is 88.5 Å². The summed E-state index contributed by atoms with van der Waals surface area (Å²) in [5, 5.41) is 2.94. The zero-order chi connectivity index (χ0) is 22.7. The number of nitrogens with one attached hydrogen (secondary N) is 2. The van der Waals surface area contributed by atoms with Crippen LogP contribution < -0.4 is 5.32 Å². The van der Waals surface area contributed by atoms with E-state index < -0.39 is 5.97 Å². The molecule has 4 aromatic rings. The lowest BCUT2D eigenvalue weighted by molar-refractivity contribution is 0.0525. The molecule has 32 heavy (non-hydrogen) atoms. The van der Waals surface area contributed by atoms with Crippen LogP contribution in [-0.4, -0.2) is 33.0 Å². The maximum absolute atomic E-state index is 12.8. The van der Waals surface area contributed by atoms with E-state index in [0.717, 1.165) is 22.2 Å². The molecule has 0 saturated heterocycles. The third-order valence-corrected chi connectivity index (χ3v) is 5.47. The highest BCUT2D eigenvalue weighted by atomic mass is 16.5. The number of aromatic nitrogens is 3. The average Bonchev–Trinajstić information content (AvgIpc) is 3.32. The summed E-state index contributed by atoms with van der Waals surface area (Å²) in [5.41, 5.74) is 6.19. The fraction of sp³-hybridized carbons (Fsp3) is 0.240. The van der Waals surface area contributed by atoms with Gasteiger partial charge in [-0.3, -0.25) is 4.79 Å². The fourth-order valence-corrected chi connectivity index (χ4v) is 3.93. The van der Waals surface area contributed by atoms with Crippen molar-refractivity contribution in [2.24, 2.45) is 0 Å². The normalized spacial score (nSPS) is 11.0. The number of rotatable bonds is 7. The Morgan fingerprint density at radius 3 is 2.69 bits per heavy atom. The summed E-state index contributed by atoms with van der Waals surface area (Å²) in [4.78, 5) is 32.4. The van der Waals surface area contributed by atoms with Gasteiger partial charge in [0, 0.05) is 18.8 Å². The third kappa shape index (κ3) is 4.27. The lowest BCUT2D eigenvalue weighted by Gasteiger charge is -2.09. The smallest absolute Gasteiger partial charge is 0.340 e. The van der Waals surface area contributed by atoms with Crippen molar-refractivity contribution < 1.29 is 14.3 Å². The Balaban J connectivity index is 1.45. The molecule has 0 aliphatic heterocycles. The molecule has 2 N–H and O–H groups in total. The van der Waals surface area contributed by atoms with Gasteiger partial charge in [0.25, 0.3) is 5.91 Å². The SMILES string of the molecule is CCOC(=O)c1c(C)[nH]c(C(=O)NCc2cccc(Cn3cnc4ccccc43)c2)c1C. The number of hydrogen-bond donors (Lipinski definition) is 2. The third-order valence-electron chi connectivity index (χ3n) is 5.47. The highest BCUT2D eigenvalue weighted by molar-refractivity contribution is 6.00. The Morgan fingerprint density at radius 2 is 1.88 bits per heavy atom. The number of amides is 1. The number of esters is 1. The van der Waals surface area contributed by atoms with E-state index in [4.69, 9.17) is 4.74 Å². The molecule has 164 valence electrons. The number of ether oxygens (including phenoxy) is 1. The number of aromatic amines is 1. The Morgan fingerprint density at radius 1 is 1.09 bits per heavy atom. The molecule has 0 bridgehead atoms. The van der Waals surface area contributed by atoms with Gasteiger partial charge in [-0.2, -0.15) is 0 Å². The highest BCUT2D eigenvalue weighted by Gasteiger charge is 2.22. The second-order valence-electron chi connectivity index (χ2n) is 7.71. The Kier molecular flexibility index (Phi) is 6.07. The first-order valence-corrected chi connectivity index (χ1v) is 10.6. The van der Waals surface area contributed by atoms with Gasteiger partial charge in [0.1, 0.15) is 5.69 Å². The summed E-state index contributed by atoms with van der Waals surface area (Å²) in [6, 6.07) is 16.1. The first-order chi connectivity index (χ1) is 15.5. The van der Waals surface area contributed by atoms with Gasteiger partial charge in [-0.15, -0.1) is 0 Å². The summed E-state index contributed by atoms with van der Waals surface area (Å²) in [7, 11) is 0. The molecular formula is C25H26N4O3. The molecule has 0 radical (unpaired) electrons. The molecule has 0 saturated carbocycles. The van der Waals surface area contributed by atoms with Crippen LogP contribution in [0.5, 0.6) is 0 Å². The zero-order valence-electron chi connectivity index (χ0n) is 18.4. The lowest BCUT2D eigenvalue weighted by Crippen LogP contribution is -2.24. The minimum absolute atomic E-state index is 0.257. The first kappa shape index (κ1) is 21.4. The minimum atomic E-state index is -0.419. The van der Waals surface area contributed by atoms with Gasteiger partial charge in [-0.1, -0.05) is 36.4 Å². The van der Waals surface area contributed by atoms with E-state index in [0.29, 0.717) is 35.6 Å². The monoisotopic (exact) mass is 430 g/mol. The molecule has 1 amide bonds. The number of fused-ring (bicyclic) bond motifs is 1. The maximum atomic E-state index is 12.8. The van der Waals surface area contributed by atoms with Crippen molar-refractivity contribution in [1.29, 1.82) is 0 Å². The molecule has 2 heterocycles. The molecular weight excluding hydrogens is 404 g/mol. The van der Waals surface area contributed by atoms with Gasteiger partial charge in [-0.25, -0.2) is 9.78 Å². The first-order valence-electron chi connectivity index (χ1n) is 10.6. The molecule has 0 aliphatic carbocycles. The van der Waals surface area contributed by atoms with E-state index in [2.05, 4.69) is 38.1 Å². The Bertz CT molecular complexity index is 1290. The van der Waals surface area contributed by atoms with E-state index in [1.807, 2.05) is 36.7 Å². The van der Waals surface area contributed by atoms with Crippen molar-refractivity contribution in [3.63, 3.8) is 0 Å². The highest BCUT2D eigenvalue weighted by Crippen LogP contribution is 2.19. The van der Waals surface area contributed by atoms with Crippen molar-refractivity contribution in [3.8, 4) is 0 Å².